The Morgan fingerprint density at radius 3 is 2.95 bits per heavy atom. The van der Waals surface area contributed by atoms with E-state index >= 15 is 0 Å². The fourth-order valence-corrected chi connectivity index (χ4v) is 1.97. The molecule has 21 heavy (non-hydrogen) atoms. The van der Waals surface area contributed by atoms with Crippen LogP contribution in [0.5, 0.6) is 0 Å². The maximum Gasteiger partial charge on any atom is 0.293 e. The van der Waals surface area contributed by atoms with E-state index in [1.165, 1.54) is 5.56 Å². The van der Waals surface area contributed by atoms with Gasteiger partial charge in [-0.15, -0.1) is 0 Å². The minimum atomic E-state index is -0.0664. The van der Waals surface area contributed by atoms with Crippen LogP contribution in [0.1, 0.15) is 18.9 Å². The highest BCUT2D eigenvalue weighted by molar-refractivity contribution is 5.30. The van der Waals surface area contributed by atoms with Crippen LogP contribution in [0.15, 0.2) is 41.7 Å². The summed E-state index contributed by atoms with van der Waals surface area (Å²) in [6.45, 7) is 4.99. The van der Waals surface area contributed by atoms with Crippen LogP contribution < -0.4 is 16.2 Å². The van der Waals surface area contributed by atoms with Crippen molar-refractivity contribution < 1.29 is 0 Å². The average Bonchev–Trinajstić information content (AvgIpc) is 2.53. The Morgan fingerprint density at radius 2 is 2.19 bits per heavy atom. The van der Waals surface area contributed by atoms with Crippen molar-refractivity contribution in [2.75, 3.05) is 18.4 Å². The maximum atomic E-state index is 11.9. The molecule has 0 unspecified atom stereocenters. The number of rotatable bonds is 8. The van der Waals surface area contributed by atoms with Crippen molar-refractivity contribution in [3.8, 4) is 0 Å². The molecular weight excluding hydrogens is 266 g/mol. The largest absolute Gasteiger partial charge is 0.365 e. The minimum Gasteiger partial charge on any atom is -0.365 e. The van der Waals surface area contributed by atoms with Gasteiger partial charge in [0.05, 0.1) is 0 Å². The van der Waals surface area contributed by atoms with Crippen molar-refractivity contribution in [2.45, 2.75) is 26.4 Å². The van der Waals surface area contributed by atoms with E-state index < -0.39 is 0 Å². The molecule has 0 saturated heterocycles. The molecule has 0 atom stereocenters. The molecule has 0 spiro atoms. The molecule has 2 rings (SSSR count). The Hall–Kier alpha value is -2.21. The molecule has 6 heteroatoms. The second kappa shape index (κ2) is 8.16. The lowest BCUT2D eigenvalue weighted by molar-refractivity contribution is 0.659. The third-order valence-electron chi connectivity index (χ3n) is 3.13. The fraction of sp³-hybridized carbons (Fsp3) is 0.400. The molecule has 0 bridgehead atoms. The molecule has 112 valence electrons. The lowest BCUT2D eigenvalue weighted by Crippen LogP contribution is -2.25. The number of nitrogens with zero attached hydrogens (tertiary/aromatic N) is 3. The highest BCUT2D eigenvalue weighted by Crippen LogP contribution is 1.95. The Morgan fingerprint density at radius 1 is 1.29 bits per heavy atom. The number of aryl methyl sites for hydroxylation is 1. The SMILES string of the molecule is CCn1ccnc(NCCCNCc2cccnc2)c1=O. The van der Waals surface area contributed by atoms with Crippen LogP contribution in [-0.4, -0.2) is 27.6 Å². The average molecular weight is 287 g/mol. The third-order valence-corrected chi connectivity index (χ3v) is 3.13. The molecule has 2 aromatic rings. The lowest BCUT2D eigenvalue weighted by atomic mass is 10.3. The zero-order chi connectivity index (χ0) is 14.9. The van der Waals surface area contributed by atoms with Crippen molar-refractivity contribution >= 4 is 5.82 Å². The smallest absolute Gasteiger partial charge is 0.293 e. The lowest BCUT2D eigenvalue weighted by Gasteiger charge is -2.08. The quantitative estimate of drug-likeness (QED) is 0.715. The van der Waals surface area contributed by atoms with Crippen molar-refractivity contribution in [3.63, 3.8) is 0 Å². The van der Waals surface area contributed by atoms with Crippen molar-refractivity contribution in [2.24, 2.45) is 0 Å². The minimum absolute atomic E-state index is 0.0664. The van der Waals surface area contributed by atoms with E-state index in [0.717, 1.165) is 26.1 Å². The summed E-state index contributed by atoms with van der Waals surface area (Å²) in [5.74, 6) is 0.423. The summed E-state index contributed by atoms with van der Waals surface area (Å²) in [7, 11) is 0. The Bertz CT molecular complexity index is 597. The molecule has 6 nitrogen and oxygen atoms in total. The molecule has 0 aliphatic heterocycles. The molecule has 0 aliphatic carbocycles. The first-order chi connectivity index (χ1) is 10.3. The van der Waals surface area contributed by atoms with Crippen molar-refractivity contribution in [1.82, 2.24) is 19.9 Å². The second-order valence-corrected chi connectivity index (χ2v) is 4.69. The normalized spacial score (nSPS) is 10.5. The molecule has 2 aromatic heterocycles. The Labute approximate surface area is 124 Å². The molecule has 0 saturated carbocycles. The summed E-state index contributed by atoms with van der Waals surface area (Å²) in [5.41, 5.74) is 1.10. The first kappa shape index (κ1) is 15.2. The van der Waals surface area contributed by atoms with Crippen LogP contribution >= 0.6 is 0 Å². The van der Waals surface area contributed by atoms with E-state index in [4.69, 9.17) is 0 Å². The molecule has 2 N–H and O–H groups in total. The van der Waals surface area contributed by atoms with Crippen molar-refractivity contribution in [3.05, 3.63) is 52.8 Å². The molecule has 0 amide bonds. The molecule has 0 aromatic carbocycles. The molecule has 0 radical (unpaired) electrons. The summed E-state index contributed by atoms with van der Waals surface area (Å²) in [6, 6.07) is 3.97. The Balaban J connectivity index is 1.67. The predicted octanol–water partition coefficient (Wildman–Crippen LogP) is 1.25. The topological polar surface area (TPSA) is 71.8 Å². The van der Waals surface area contributed by atoms with Crippen LogP contribution in [0.3, 0.4) is 0 Å². The summed E-state index contributed by atoms with van der Waals surface area (Å²) in [4.78, 5) is 20.1. The maximum absolute atomic E-state index is 11.9. The van der Waals surface area contributed by atoms with E-state index in [9.17, 15) is 4.79 Å². The monoisotopic (exact) mass is 287 g/mol. The molecule has 0 fully saturated rings. The first-order valence-electron chi connectivity index (χ1n) is 7.20. The van der Waals surface area contributed by atoms with Crippen LogP contribution in [0.2, 0.25) is 0 Å². The molecular formula is C15H21N5O. The van der Waals surface area contributed by atoms with E-state index in [0.29, 0.717) is 12.4 Å². The molecule has 2 heterocycles. The van der Waals surface area contributed by atoms with Crippen LogP contribution in [0.4, 0.5) is 5.82 Å². The van der Waals surface area contributed by atoms with E-state index in [2.05, 4.69) is 20.6 Å². The highest BCUT2D eigenvalue weighted by atomic mass is 16.1. The third kappa shape index (κ3) is 4.68. The van der Waals surface area contributed by atoms with E-state index in [1.54, 1.807) is 23.2 Å². The number of hydrogen-bond donors (Lipinski definition) is 2. The van der Waals surface area contributed by atoms with Gasteiger partial charge in [0.15, 0.2) is 5.82 Å². The van der Waals surface area contributed by atoms with Gasteiger partial charge in [-0.2, -0.15) is 0 Å². The van der Waals surface area contributed by atoms with Gasteiger partial charge in [-0.1, -0.05) is 6.07 Å². The standard InChI is InChI=1S/C15H21N5O/c1-2-20-10-9-19-14(15(20)21)18-8-4-7-17-12-13-5-3-6-16-11-13/h3,5-6,9-11,17H,2,4,7-8,12H2,1H3,(H,18,19). The number of anilines is 1. The Kier molecular flexibility index (Phi) is 5.90. The number of pyridine rings is 1. The zero-order valence-corrected chi connectivity index (χ0v) is 12.2. The second-order valence-electron chi connectivity index (χ2n) is 4.69. The van der Waals surface area contributed by atoms with Gasteiger partial charge in [0.1, 0.15) is 0 Å². The number of nitrogens with one attached hydrogen (secondary N) is 2. The highest BCUT2D eigenvalue weighted by Gasteiger charge is 2.02. The van der Waals surface area contributed by atoms with Gasteiger partial charge < -0.3 is 15.2 Å². The van der Waals surface area contributed by atoms with Crippen molar-refractivity contribution in [1.29, 1.82) is 0 Å². The van der Waals surface area contributed by atoms with E-state index in [1.807, 2.05) is 25.3 Å². The van der Waals surface area contributed by atoms with Gasteiger partial charge in [-0.05, 0) is 31.5 Å². The number of hydrogen-bond acceptors (Lipinski definition) is 5. The molecule has 0 aliphatic rings. The van der Waals surface area contributed by atoms with Gasteiger partial charge >= 0.3 is 0 Å². The number of aromatic nitrogens is 3. The summed E-state index contributed by atoms with van der Waals surface area (Å²) >= 11 is 0. The van der Waals surface area contributed by atoms with Crippen LogP contribution in [0.25, 0.3) is 0 Å². The summed E-state index contributed by atoms with van der Waals surface area (Å²) in [6.07, 6.45) is 7.88. The van der Waals surface area contributed by atoms with E-state index in [-0.39, 0.29) is 5.56 Å². The predicted molar refractivity (Wildman–Crippen MR) is 83.2 cm³/mol. The van der Waals surface area contributed by atoms with Gasteiger partial charge in [-0.3, -0.25) is 9.78 Å². The van der Waals surface area contributed by atoms with Gasteiger partial charge in [0.2, 0.25) is 0 Å². The van der Waals surface area contributed by atoms with Gasteiger partial charge in [0.25, 0.3) is 5.56 Å². The summed E-state index contributed by atoms with van der Waals surface area (Å²) < 4.78 is 1.63. The summed E-state index contributed by atoms with van der Waals surface area (Å²) in [5, 5.41) is 6.43. The first-order valence-corrected chi connectivity index (χ1v) is 7.20. The fourth-order valence-electron chi connectivity index (χ4n) is 1.97. The van der Waals surface area contributed by atoms with Gasteiger partial charge in [0, 0.05) is 44.4 Å². The van der Waals surface area contributed by atoms with Crippen LogP contribution in [-0.2, 0) is 13.1 Å². The van der Waals surface area contributed by atoms with Gasteiger partial charge in [-0.25, -0.2) is 4.98 Å². The zero-order valence-electron chi connectivity index (χ0n) is 12.2. The van der Waals surface area contributed by atoms with Crippen LogP contribution in [0, 0.1) is 0 Å².